The van der Waals surface area contributed by atoms with E-state index in [9.17, 15) is 0 Å². The third kappa shape index (κ3) is 3.03. The highest BCUT2D eigenvalue weighted by molar-refractivity contribution is 5.23. The lowest BCUT2D eigenvalue weighted by atomic mass is 9.93. The van der Waals surface area contributed by atoms with Crippen LogP contribution < -0.4 is 10.5 Å². The zero-order chi connectivity index (χ0) is 12.1. The maximum atomic E-state index is 6.18. The molecule has 1 unspecified atom stereocenters. The SMILES string of the molecule is COc1nccnc1C(N)CC1=CCCCC1. The fourth-order valence-electron chi connectivity index (χ4n) is 2.22. The van der Waals surface area contributed by atoms with Crippen LogP contribution in [0.3, 0.4) is 0 Å². The molecule has 1 heterocycles. The number of nitrogens with zero attached hydrogens (tertiary/aromatic N) is 2. The van der Waals surface area contributed by atoms with E-state index in [4.69, 9.17) is 10.5 Å². The first-order chi connectivity index (χ1) is 8.31. The van der Waals surface area contributed by atoms with Crippen molar-refractivity contribution in [1.82, 2.24) is 9.97 Å². The first kappa shape index (κ1) is 12.0. The van der Waals surface area contributed by atoms with Crippen molar-refractivity contribution in [2.45, 2.75) is 38.1 Å². The molecule has 4 nitrogen and oxygen atoms in total. The number of ether oxygens (including phenoxy) is 1. The van der Waals surface area contributed by atoms with Crippen LogP contribution in [0.2, 0.25) is 0 Å². The molecular formula is C13H19N3O. The Morgan fingerprint density at radius 1 is 1.35 bits per heavy atom. The summed E-state index contributed by atoms with van der Waals surface area (Å²) in [5.41, 5.74) is 8.37. The van der Waals surface area contributed by atoms with Gasteiger partial charge in [0.2, 0.25) is 5.88 Å². The average molecular weight is 233 g/mol. The number of rotatable bonds is 4. The van der Waals surface area contributed by atoms with Crippen LogP contribution in [0.5, 0.6) is 5.88 Å². The monoisotopic (exact) mass is 233 g/mol. The van der Waals surface area contributed by atoms with Gasteiger partial charge in [0.15, 0.2) is 0 Å². The second-order valence-electron chi connectivity index (χ2n) is 4.37. The van der Waals surface area contributed by atoms with Crippen LogP contribution in [-0.4, -0.2) is 17.1 Å². The third-order valence-electron chi connectivity index (χ3n) is 3.10. The molecule has 0 radical (unpaired) electrons. The maximum absolute atomic E-state index is 6.18. The second kappa shape index (κ2) is 5.77. The van der Waals surface area contributed by atoms with Crippen molar-refractivity contribution >= 4 is 0 Å². The van der Waals surface area contributed by atoms with Gasteiger partial charge in [-0.2, -0.15) is 0 Å². The molecule has 2 rings (SSSR count). The summed E-state index contributed by atoms with van der Waals surface area (Å²) in [6.45, 7) is 0. The van der Waals surface area contributed by atoms with Gasteiger partial charge in [0.1, 0.15) is 5.69 Å². The molecule has 0 fully saturated rings. The number of methoxy groups -OCH3 is 1. The molecule has 92 valence electrons. The highest BCUT2D eigenvalue weighted by Gasteiger charge is 2.16. The van der Waals surface area contributed by atoms with Crippen LogP contribution in [0.1, 0.15) is 43.8 Å². The molecule has 1 aliphatic rings. The maximum Gasteiger partial charge on any atom is 0.236 e. The van der Waals surface area contributed by atoms with Gasteiger partial charge in [0.25, 0.3) is 0 Å². The summed E-state index contributed by atoms with van der Waals surface area (Å²) in [5.74, 6) is 0.538. The Morgan fingerprint density at radius 2 is 2.18 bits per heavy atom. The Balaban J connectivity index is 2.08. The predicted octanol–water partition coefficient (Wildman–Crippen LogP) is 2.38. The van der Waals surface area contributed by atoms with Crippen LogP contribution in [-0.2, 0) is 0 Å². The van der Waals surface area contributed by atoms with Gasteiger partial charge in [-0.25, -0.2) is 4.98 Å². The Bertz CT molecular complexity index is 403. The molecule has 0 aromatic carbocycles. The minimum Gasteiger partial charge on any atom is -0.480 e. The van der Waals surface area contributed by atoms with Gasteiger partial charge in [0.05, 0.1) is 13.2 Å². The van der Waals surface area contributed by atoms with Crippen LogP contribution >= 0.6 is 0 Å². The summed E-state index contributed by atoms with van der Waals surface area (Å²) >= 11 is 0. The van der Waals surface area contributed by atoms with Gasteiger partial charge >= 0.3 is 0 Å². The number of allylic oxidation sites excluding steroid dienone is 1. The summed E-state index contributed by atoms with van der Waals surface area (Å²) in [5, 5.41) is 0. The van der Waals surface area contributed by atoms with Crippen molar-refractivity contribution in [3.05, 3.63) is 29.7 Å². The van der Waals surface area contributed by atoms with Crippen LogP contribution in [0, 0.1) is 0 Å². The largest absolute Gasteiger partial charge is 0.480 e. The molecular weight excluding hydrogens is 214 g/mol. The summed E-state index contributed by atoms with van der Waals surface area (Å²) in [4.78, 5) is 8.40. The molecule has 1 aliphatic carbocycles. The van der Waals surface area contributed by atoms with E-state index in [1.54, 1.807) is 19.5 Å². The van der Waals surface area contributed by atoms with E-state index in [1.165, 1.54) is 24.8 Å². The quantitative estimate of drug-likeness (QED) is 0.811. The van der Waals surface area contributed by atoms with Gasteiger partial charge in [-0.05, 0) is 32.1 Å². The van der Waals surface area contributed by atoms with Gasteiger partial charge in [0, 0.05) is 12.4 Å². The van der Waals surface area contributed by atoms with E-state index in [1.807, 2.05) is 0 Å². The number of hydrogen-bond donors (Lipinski definition) is 1. The molecule has 0 aliphatic heterocycles. The van der Waals surface area contributed by atoms with E-state index >= 15 is 0 Å². The number of nitrogens with two attached hydrogens (primary N) is 1. The summed E-state index contributed by atoms with van der Waals surface area (Å²) in [7, 11) is 1.60. The van der Waals surface area contributed by atoms with Gasteiger partial charge in [-0.15, -0.1) is 0 Å². The van der Waals surface area contributed by atoms with E-state index in [0.717, 1.165) is 18.5 Å². The van der Waals surface area contributed by atoms with Crippen molar-refractivity contribution in [2.75, 3.05) is 7.11 Å². The van der Waals surface area contributed by atoms with Gasteiger partial charge in [-0.1, -0.05) is 11.6 Å². The summed E-state index contributed by atoms with van der Waals surface area (Å²) in [6.07, 6.45) is 11.4. The fraction of sp³-hybridized carbons (Fsp3) is 0.538. The topological polar surface area (TPSA) is 61.0 Å². The van der Waals surface area contributed by atoms with Crippen molar-refractivity contribution in [1.29, 1.82) is 0 Å². The molecule has 0 saturated carbocycles. The normalized spacial score (nSPS) is 17.4. The highest BCUT2D eigenvalue weighted by Crippen LogP contribution is 2.28. The Hall–Kier alpha value is -1.42. The second-order valence-corrected chi connectivity index (χ2v) is 4.37. The lowest BCUT2D eigenvalue weighted by Gasteiger charge is -2.17. The van der Waals surface area contributed by atoms with Crippen molar-refractivity contribution in [2.24, 2.45) is 5.73 Å². The first-order valence-corrected chi connectivity index (χ1v) is 6.09. The molecule has 1 aromatic heterocycles. The van der Waals surface area contributed by atoms with E-state index < -0.39 is 0 Å². The molecule has 4 heteroatoms. The smallest absolute Gasteiger partial charge is 0.236 e. The number of hydrogen-bond acceptors (Lipinski definition) is 4. The van der Waals surface area contributed by atoms with E-state index in [-0.39, 0.29) is 6.04 Å². The minimum atomic E-state index is -0.122. The average Bonchev–Trinajstić information content (AvgIpc) is 2.40. The molecule has 0 spiro atoms. The van der Waals surface area contributed by atoms with Crippen LogP contribution in [0.4, 0.5) is 0 Å². The Kier molecular flexibility index (Phi) is 4.09. The first-order valence-electron chi connectivity index (χ1n) is 6.09. The number of aromatic nitrogens is 2. The van der Waals surface area contributed by atoms with Gasteiger partial charge < -0.3 is 10.5 Å². The van der Waals surface area contributed by atoms with Crippen molar-refractivity contribution in [3.63, 3.8) is 0 Å². The van der Waals surface area contributed by atoms with E-state index in [0.29, 0.717) is 5.88 Å². The molecule has 0 saturated heterocycles. The fourth-order valence-corrected chi connectivity index (χ4v) is 2.22. The lowest BCUT2D eigenvalue weighted by Crippen LogP contribution is -2.15. The lowest BCUT2D eigenvalue weighted by molar-refractivity contribution is 0.383. The van der Waals surface area contributed by atoms with Crippen molar-refractivity contribution in [3.8, 4) is 5.88 Å². The van der Waals surface area contributed by atoms with Crippen molar-refractivity contribution < 1.29 is 4.74 Å². The molecule has 0 amide bonds. The standard InChI is InChI=1S/C13H19N3O/c1-17-13-12(15-7-8-16-13)11(14)9-10-5-3-2-4-6-10/h5,7-8,11H,2-4,6,9,14H2,1H3. The van der Waals surface area contributed by atoms with Gasteiger partial charge in [-0.3, -0.25) is 4.98 Å². The predicted molar refractivity (Wildman–Crippen MR) is 66.7 cm³/mol. The summed E-state index contributed by atoms with van der Waals surface area (Å²) < 4.78 is 5.18. The Morgan fingerprint density at radius 3 is 2.88 bits per heavy atom. The molecule has 1 aromatic rings. The molecule has 1 atom stereocenters. The minimum absolute atomic E-state index is 0.122. The summed E-state index contributed by atoms with van der Waals surface area (Å²) in [6, 6.07) is -0.122. The molecule has 0 bridgehead atoms. The zero-order valence-corrected chi connectivity index (χ0v) is 10.2. The van der Waals surface area contributed by atoms with Crippen LogP contribution in [0.25, 0.3) is 0 Å². The zero-order valence-electron chi connectivity index (χ0n) is 10.2. The highest BCUT2D eigenvalue weighted by atomic mass is 16.5. The molecule has 2 N–H and O–H groups in total. The molecule has 17 heavy (non-hydrogen) atoms. The Labute approximate surface area is 102 Å². The third-order valence-corrected chi connectivity index (χ3v) is 3.10. The van der Waals surface area contributed by atoms with E-state index in [2.05, 4.69) is 16.0 Å². The van der Waals surface area contributed by atoms with Crippen LogP contribution in [0.15, 0.2) is 24.0 Å².